The van der Waals surface area contributed by atoms with E-state index in [1.165, 1.54) is 29.1 Å². The molecule has 1 aromatic heterocycles. The van der Waals surface area contributed by atoms with Crippen molar-refractivity contribution >= 4 is 28.9 Å². The minimum absolute atomic E-state index is 0.0201. The molecule has 0 radical (unpaired) electrons. The summed E-state index contributed by atoms with van der Waals surface area (Å²) in [5, 5.41) is 5.91. The molecule has 0 fully saturated rings. The predicted octanol–water partition coefficient (Wildman–Crippen LogP) is 3.05. The van der Waals surface area contributed by atoms with Gasteiger partial charge < -0.3 is 21.3 Å². The number of nitrogens with two attached hydrogens (primary N) is 1. The summed E-state index contributed by atoms with van der Waals surface area (Å²) in [6.45, 7) is 9.01. The van der Waals surface area contributed by atoms with Crippen molar-refractivity contribution in [1.29, 1.82) is 0 Å². The summed E-state index contributed by atoms with van der Waals surface area (Å²) in [4.78, 5) is 60.1. The van der Waals surface area contributed by atoms with Gasteiger partial charge in [0.15, 0.2) is 0 Å². The molecule has 4 N–H and O–H groups in total. The third-order valence-corrected chi connectivity index (χ3v) is 8.68. The maximum Gasteiger partial charge on any atom is 0.270 e. The Bertz CT molecular complexity index is 1850. The van der Waals surface area contributed by atoms with Gasteiger partial charge in [0, 0.05) is 30.3 Å². The molecule has 1 aliphatic carbocycles. The average molecular weight is 565 g/mol. The number of nitrogens with one attached hydrogen (secondary N) is 2. The molecule has 10 heteroatoms. The summed E-state index contributed by atoms with van der Waals surface area (Å²) in [5.41, 5.74) is 12.3. The van der Waals surface area contributed by atoms with Crippen LogP contribution in [0.1, 0.15) is 80.7 Å². The standard InChI is InChI=1S/C32H32N6O4/c1-16-5-7-20-19(17(16)2)8-10-22(20)37-31(42)24-12-23(35-15-36-24)30(41)34-13-18-6-9-21-25(11-18)38(14-32(21,3)4)27-26(33)28(39)29(27)40/h5-7,9,11-12,15,22H,8,10,13-14,33H2,1-4H3,(H,34,41)(H,37,42)/t22-/m0/s1. The zero-order chi connectivity index (χ0) is 29.9. The van der Waals surface area contributed by atoms with Crippen LogP contribution in [0.2, 0.25) is 0 Å². The highest BCUT2D eigenvalue weighted by Crippen LogP contribution is 2.45. The Balaban J connectivity index is 1.15. The molecular weight excluding hydrogens is 532 g/mol. The van der Waals surface area contributed by atoms with E-state index in [2.05, 4.69) is 60.4 Å². The Hall–Kier alpha value is -4.86. The fourth-order valence-electron chi connectivity index (χ4n) is 6.17. The maximum atomic E-state index is 13.1. The first-order valence-corrected chi connectivity index (χ1v) is 14.0. The molecule has 42 heavy (non-hydrogen) atoms. The molecule has 214 valence electrons. The van der Waals surface area contributed by atoms with Gasteiger partial charge in [-0.15, -0.1) is 0 Å². The van der Waals surface area contributed by atoms with E-state index in [-0.39, 0.29) is 46.7 Å². The number of nitrogens with zero attached hydrogens (tertiary/aromatic N) is 3. The van der Waals surface area contributed by atoms with Gasteiger partial charge in [-0.1, -0.05) is 38.1 Å². The number of rotatable bonds is 6. The first-order chi connectivity index (χ1) is 20.0. The number of carbonyl (C=O) groups excluding carboxylic acids is 2. The highest BCUT2D eigenvalue weighted by atomic mass is 16.2. The second-order valence-electron chi connectivity index (χ2n) is 11.9. The first-order valence-electron chi connectivity index (χ1n) is 14.0. The van der Waals surface area contributed by atoms with Crippen LogP contribution < -0.4 is 32.1 Å². The summed E-state index contributed by atoms with van der Waals surface area (Å²) in [5.74, 6) is -0.811. The van der Waals surface area contributed by atoms with Crippen LogP contribution in [0.5, 0.6) is 0 Å². The number of amides is 2. The number of fused-ring (bicyclic) bond motifs is 2. The Morgan fingerprint density at radius 3 is 2.50 bits per heavy atom. The van der Waals surface area contributed by atoms with Gasteiger partial charge in [-0.25, -0.2) is 9.97 Å². The quantitative estimate of drug-likeness (QED) is 0.303. The molecule has 2 heterocycles. The molecule has 6 rings (SSSR count). The molecule has 0 bridgehead atoms. The predicted molar refractivity (Wildman–Crippen MR) is 160 cm³/mol. The minimum Gasteiger partial charge on any atom is -0.394 e. The Morgan fingerprint density at radius 1 is 1.02 bits per heavy atom. The fraction of sp³-hybridized carbons (Fsp3) is 0.312. The van der Waals surface area contributed by atoms with Crippen LogP contribution >= 0.6 is 0 Å². The van der Waals surface area contributed by atoms with Crippen molar-refractivity contribution in [2.75, 3.05) is 17.2 Å². The van der Waals surface area contributed by atoms with Gasteiger partial charge in [-0.2, -0.15) is 0 Å². The van der Waals surface area contributed by atoms with Crippen LogP contribution in [-0.2, 0) is 18.4 Å². The van der Waals surface area contributed by atoms with Gasteiger partial charge in [0.1, 0.15) is 29.1 Å². The summed E-state index contributed by atoms with van der Waals surface area (Å²) in [6.07, 6.45) is 2.93. The number of aromatic nitrogens is 2. The van der Waals surface area contributed by atoms with Crippen molar-refractivity contribution in [1.82, 2.24) is 20.6 Å². The van der Waals surface area contributed by atoms with Crippen molar-refractivity contribution in [3.8, 4) is 0 Å². The average Bonchev–Trinajstić information content (AvgIpc) is 3.51. The molecule has 10 nitrogen and oxygen atoms in total. The number of aryl methyl sites for hydroxylation is 1. The van der Waals surface area contributed by atoms with Crippen LogP contribution in [0.25, 0.3) is 0 Å². The molecule has 0 saturated heterocycles. The topological polar surface area (TPSA) is 147 Å². The molecular formula is C32H32N6O4. The number of carbonyl (C=O) groups is 2. The summed E-state index contributed by atoms with van der Waals surface area (Å²) in [7, 11) is 0. The maximum absolute atomic E-state index is 13.1. The van der Waals surface area contributed by atoms with E-state index in [1.54, 1.807) is 4.90 Å². The SMILES string of the molecule is Cc1ccc2c(c1C)CC[C@@H]2NC(=O)c1cc(C(=O)NCc2ccc3c(c2)N(c2c(N)c(=O)c2=O)CC3(C)C)ncn1. The molecule has 3 aromatic carbocycles. The molecule has 0 unspecified atom stereocenters. The van der Waals surface area contributed by atoms with Crippen LogP contribution in [0.4, 0.5) is 17.1 Å². The smallest absolute Gasteiger partial charge is 0.270 e. The summed E-state index contributed by atoms with van der Waals surface area (Å²) >= 11 is 0. The van der Waals surface area contributed by atoms with Crippen LogP contribution in [0.3, 0.4) is 0 Å². The number of anilines is 3. The van der Waals surface area contributed by atoms with E-state index < -0.39 is 16.8 Å². The Kier molecular flexibility index (Phi) is 6.44. The lowest BCUT2D eigenvalue weighted by atomic mass is 9.86. The van der Waals surface area contributed by atoms with Crippen molar-refractivity contribution in [3.05, 3.63) is 108 Å². The van der Waals surface area contributed by atoms with Gasteiger partial charge in [0.25, 0.3) is 22.7 Å². The zero-order valence-corrected chi connectivity index (χ0v) is 24.0. The summed E-state index contributed by atoms with van der Waals surface area (Å²) in [6, 6.07) is 11.2. The highest BCUT2D eigenvalue weighted by Gasteiger charge is 2.39. The number of hydrogen-bond acceptors (Lipinski definition) is 8. The van der Waals surface area contributed by atoms with E-state index in [0.717, 1.165) is 35.2 Å². The minimum atomic E-state index is -0.657. The lowest BCUT2D eigenvalue weighted by Crippen LogP contribution is -2.41. The van der Waals surface area contributed by atoms with Crippen LogP contribution in [0.15, 0.2) is 52.3 Å². The summed E-state index contributed by atoms with van der Waals surface area (Å²) < 4.78 is 0. The third kappa shape index (κ3) is 4.43. The first kappa shape index (κ1) is 27.3. The van der Waals surface area contributed by atoms with Gasteiger partial charge >= 0.3 is 0 Å². The second kappa shape index (κ2) is 9.90. The van der Waals surface area contributed by atoms with Crippen molar-refractivity contribution in [2.45, 2.75) is 58.5 Å². The Labute approximate surface area is 242 Å². The molecule has 0 spiro atoms. The third-order valence-electron chi connectivity index (χ3n) is 8.68. The fourth-order valence-corrected chi connectivity index (χ4v) is 6.17. The number of nitrogen functional groups attached to an aromatic ring is 1. The molecule has 1 aliphatic heterocycles. The van der Waals surface area contributed by atoms with Crippen molar-refractivity contribution in [3.63, 3.8) is 0 Å². The number of hydrogen-bond donors (Lipinski definition) is 3. The Morgan fingerprint density at radius 2 is 1.76 bits per heavy atom. The monoisotopic (exact) mass is 564 g/mol. The van der Waals surface area contributed by atoms with Gasteiger partial charge in [0.05, 0.1) is 6.04 Å². The second-order valence-corrected chi connectivity index (χ2v) is 11.9. The lowest BCUT2D eigenvalue weighted by molar-refractivity contribution is 0.0931. The van der Waals surface area contributed by atoms with E-state index in [0.29, 0.717) is 6.54 Å². The zero-order valence-electron chi connectivity index (χ0n) is 24.0. The largest absolute Gasteiger partial charge is 0.394 e. The van der Waals surface area contributed by atoms with Crippen molar-refractivity contribution in [2.24, 2.45) is 0 Å². The molecule has 0 saturated carbocycles. The van der Waals surface area contributed by atoms with Gasteiger partial charge in [0.2, 0.25) is 0 Å². The normalized spacial score (nSPS) is 16.8. The molecule has 2 aliphatic rings. The molecule has 4 aromatic rings. The van der Waals surface area contributed by atoms with Gasteiger partial charge in [-0.3, -0.25) is 19.2 Å². The van der Waals surface area contributed by atoms with Crippen LogP contribution in [0, 0.1) is 13.8 Å². The van der Waals surface area contributed by atoms with E-state index in [9.17, 15) is 19.2 Å². The van der Waals surface area contributed by atoms with Crippen molar-refractivity contribution < 1.29 is 9.59 Å². The van der Waals surface area contributed by atoms with E-state index in [1.807, 2.05) is 18.2 Å². The number of benzene rings is 2. The highest BCUT2D eigenvalue weighted by molar-refractivity contribution is 5.97. The van der Waals surface area contributed by atoms with E-state index in [4.69, 9.17) is 5.73 Å². The molecule has 1 atom stereocenters. The molecule has 2 amide bonds. The van der Waals surface area contributed by atoms with Gasteiger partial charge in [-0.05, 0) is 66.1 Å². The van der Waals surface area contributed by atoms with E-state index >= 15 is 0 Å². The lowest BCUT2D eigenvalue weighted by Gasteiger charge is -2.24. The van der Waals surface area contributed by atoms with Crippen LogP contribution in [-0.4, -0.2) is 28.3 Å².